The molecule has 1 unspecified atom stereocenters. The summed E-state index contributed by atoms with van der Waals surface area (Å²) in [5.74, 6) is -3.95. The summed E-state index contributed by atoms with van der Waals surface area (Å²) >= 11 is 0. The Bertz CT molecular complexity index is 487. The molecular formula is C12H12F2O4. The minimum Gasteiger partial charge on any atom is -0.480 e. The zero-order chi connectivity index (χ0) is 13.9. The molecule has 1 N–H and O–H groups in total. The van der Waals surface area contributed by atoms with Crippen molar-refractivity contribution in [2.75, 3.05) is 7.11 Å². The number of hydrogen-bond donors (Lipinski definition) is 1. The summed E-state index contributed by atoms with van der Waals surface area (Å²) in [5.41, 5.74) is -2.14. The molecule has 4 nitrogen and oxygen atoms in total. The van der Waals surface area contributed by atoms with Gasteiger partial charge in [0.1, 0.15) is 11.6 Å². The Hall–Kier alpha value is -1.98. The molecule has 1 atom stereocenters. The molecule has 0 saturated heterocycles. The van der Waals surface area contributed by atoms with E-state index in [1.807, 2.05) is 0 Å². The summed E-state index contributed by atoms with van der Waals surface area (Å²) in [6.45, 7) is 1.10. The number of aliphatic carboxylic acids is 1. The minimum atomic E-state index is -1.95. The van der Waals surface area contributed by atoms with Gasteiger partial charge in [0.15, 0.2) is 5.41 Å². The molecule has 18 heavy (non-hydrogen) atoms. The van der Waals surface area contributed by atoms with Crippen molar-refractivity contribution >= 4 is 11.9 Å². The third-order valence-electron chi connectivity index (χ3n) is 2.66. The van der Waals surface area contributed by atoms with E-state index < -0.39 is 35.4 Å². The second-order valence-corrected chi connectivity index (χ2v) is 4.04. The fourth-order valence-corrected chi connectivity index (χ4v) is 1.52. The number of carbonyl (C=O) groups excluding carboxylic acids is 1. The molecule has 98 valence electrons. The van der Waals surface area contributed by atoms with Crippen molar-refractivity contribution in [3.63, 3.8) is 0 Å². The van der Waals surface area contributed by atoms with Crippen molar-refractivity contribution in [2.24, 2.45) is 5.41 Å². The predicted molar refractivity (Wildman–Crippen MR) is 57.8 cm³/mol. The van der Waals surface area contributed by atoms with E-state index in [4.69, 9.17) is 5.11 Å². The Morgan fingerprint density at radius 2 is 2.00 bits per heavy atom. The van der Waals surface area contributed by atoms with Gasteiger partial charge in [0.25, 0.3) is 0 Å². The molecule has 0 spiro atoms. The van der Waals surface area contributed by atoms with Crippen LogP contribution in [-0.2, 0) is 20.7 Å². The zero-order valence-electron chi connectivity index (χ0n) is 9.87. The van der Waals surface area contributed by atoms with Gasteiger partial charge < -0.3 is 9.84 Å². The van der Waals surface area contributed by atoms with Crippen LogP contribution in [0.5, 0.6) is 0 Å². The smallest absolute Gasteiger partial charge is 0.323 e. The molecule has 0 heterocycles. The first-order valence-electron chi connectivity index (χ1n) is 5.07. The number of halogens is 2. The quantitative estimate of drug-likeness (QED) is 0.660. The van der Waals surface area contributed by atoms with Crippen LogP contribution in [0, 0.1) is 17.0 Å². The monoisotopic (exact) mass is 258 g/mol. The maximum absolute atomic E-state index is 13.4. The van der Waals surface area contributed by atoms with E-state index in [1.54, 1.807) is 0 Å². The molecule has 0 aliphatic rings. The first-order valence-corrected chi connectivity index (χ1v) is 5.07. The van der Waals surface area contributed by atoms with E-state index in [0.717, 1.165) is 32.2 Å². The van der Waals surface area contributed by atoms with E-state index in [-0.39, 0.29) is 5.56 Å². The highest BCUT2D eigenvalue weighted by Gasteiger charge is 2.43. The second-order valence-electron chi connectivity index (χ2n) is 4.04. The number of rotatable bonds is 4. The van der Waals surface area contributed by atoms with E-state index in [2.05, 4.69) is 4.74 Å². The van der Waals surface area contributed by atoms with E-state index in [1.165, 1.54) is 0 Å². The first kappa shape index (κ1) is 14.1. The van der Waals surface area contributed by atoms with Gasteiger partial charge in [-0.3, -0.25) is 9.59 Å². The van der Waals surface area contributed by atoms with Crippen molar-refractivity contribution in [2.45, 2.75) is 13.3 Å². The summed E-state index contributed by atoms with van der Waals surface area (Å²) in [6, 6.07) is 2.65. The topological polar surface area (TPSA) is 63.6 Å². The molecule has 0 amide bonds. The fraction of sp³-hybridized carbons (Fsp3) is 0.333. The fourth-order valence-electron chi connectivity index (χ4n) is 1.52. The van der Waals surface area contributed by atoms with Gasteiger partial charge in [0.2, 0.25) is 0 Å². The third-order valence-corrected chi connectivity index (χ3v) is 2.66. The van der Waals surface area contributed by atoms with Gasteiger partial charge >= 0.3 is 11.9 Å². The molecular weight excluding hydrogens is 246 g/mol. The lowest BCUT2D eigenvalue weighted by Gasteiger charge is -2.21. The van der Waals surface area contributed by atoms with Crippen LogP contribution in [0.2, 0.25) is 0 Å². The van der Waals surface area contributed by atoms with Gasteiger partial charge in [-0.2, -0.15) is 0 Å². The lowest BCUT2D eigenvalue weighted by molar-refractivity contribution is -0.165. The SMILES string of the molecule is COC(=O)C(C)(Cc1cc(F)ccc1F)C(=O)O. The van der Waals surface area contributed by atoms with Crippen LogP contribution >= 0.6 is 0 Å². The Morgan fingerprint density at radius 1 is 1.39 bits per heavy atom. The van der Waals surface area contributed by atoms with E-state index >= 15 is 0 Å². The van der Waals surface area contributed by atoms with Crippen LogP contribution in [0.1, 0.15) is 12.5 Å². The summed E-state index contributed by atoms with van der Waals surface area (Å²) < 4.78 is 30.8. The molecule has 1 aromatic rings. The van der Waals surface area contributed by atoms with Gasteiger partial charge in [0.05, 0.1) is 7.11 Å². The van der Waals surface area contributed by atoms with Crippen LogP contribution in [0.25, 0.3) is 0 Å². The molecule has 0 radical (unpaired) electrons. The van der Waals surface area contributed by atoms with Gasteiger partial charge in [-0.25, -0.2) is 8.78 Å². The first-order chi connectivity index (χ1) is 8.31. The number of ether oxygens (including phenoxy) is 1. The number of esters is 1. The average Bonchev–Trinajstić information content (AvgIpc) is 2.32. The summed E-state index contributed by atoms with van der Waals surface area (Å²) in [5, 5.41) is 9.04. The maximum Gasteiger partial charge on any atom is 0.323 e. The summed E-state index contributed by atoms with van der Waals surface area (Å²) in [7, 11) is 1.03. The molecule has 0 bridgehead atoms. The number of methoxy groups -OCH3 is 1. The zero-order valence-corrected chi connectivity index (χ0v) is 9.87. The van der Waals surface area contributed by atoms with Crippen LogP contribution in [0.4, 0.5) is 8.78 Å². The lowest BCUT2D eigenvalue weighted by Crippen LogP contribution is -2.39. The van der Waals surface area contributed by atoms with Gasteiger partial charge in [-0.1, -0.05) is 0 Å². The molecule has 1 rings (SSSR count). The highest BCUT2D eigenvalue weighted by atomic mass is 19.1. The van der Waals surface area contributed by atoms with Crippen molar-refractivity contribution in [3.05, 3.63) is 35.4 Å². The number of carbonyl (C=O) groups is 2. The normalized spacial score (nSPS) is 13.8. The average molecular weight is 258 g/mol. The predicted octanol–water partition coefficient (Wildman–Crippen LogP) is 1.77. The third kappa shape index (κ3) is 2.64. The lowest BCUT2D eigenvalue weighted by atomic mass is 9.83. The largest absolute Gasteiger partial charge is 0.480 e. The highest BCUT2D eigenvalue weighted by molar-refractivity contribution is 5.98. The van der Waals surface area contributed by atoms with E-state index in [0.29, 0.717) is 0 Å². The number of carboxylic acids is 1. The van der Waals surface area contributed by atoms with Crippen LogP contribution in [0.15, 0.2) is 18.2 Å². The Balaban J connectivity index is 3.15. The number of carboxylic acid groups (broad SMARTS) is 1. The summed E-state index contributed by atoms with van der Waals surface area (Å²) in [4.78, 5) is 22.6. The Morgan fingerprint density at radius 3 is 2.50 bits per heavy atom. The number of benzene rings is 1. The van der Waals surface area contributed by atoms with Crippen molar-refractivity contribution in [3.8, 4) is 0 Å². The van der Waals surface area contributed by atoms with Gasteiger partial charge in [0, 0.05) is 6.42 Å². The Kier molecular flexibility index (Phi) is 4.00. The van der Waals surface area contributed by atoms with Gasteiger partial charge in [-0.15, -0.1) is 0 Å². The number of hydrogen-bond acceptors (Lipinski definition) is 3. The van der Waals surface area contributed by atoms with Crippen LogP contribution in [-0.4, -0.2) is 24.2 Å². The molecule has 1 aromatic carbocycles. The minimum absolute atomic E-state index is 0.190. The van der Waals surface area contributed by atoms with Crippen molar-refractivity contribution < 1.29 is 28.2 Å². The van der Waals surface area contributed by atoms with Crippen molar-refractivity contribution in [1.82, 2.24) is 0 Å². The molecule has 0 aliphatic carbocycles. The highest BCUT2D eigenvalue weighted by Crippen LogP contribution is 2.26. The maximum atomic E-state index is 13.4. The van der Waals surface area contributed by atoms with E-state index in [9.17, 15) is 18.4 Å². The Labute approximate surface area is 102 Å². The molecule has 0 saturated carbocycles. The molecule has 0 aliphatic heterocycles. The van der Waals surface area contributed by atoms with Gasteiger partial charge in [-0.05, 0) is 30.7 Å². The van der Waals surface area contributed by atoms with Crippen LogP contribution in [0.3, 0.4) is 0 Å². The summed E-state index contributed by atoms with van der Waals surface area (Å²) in [6.07, 6.45) is -0.488. The molecule has 0 fully saturated rings. The second kappa shape index (κ2) is 5.12. The molecule has 6 heteroatoms. The molecule has 0 aromatic heterocycles. The van der Waals surface area contributed by atoms with Crippen LogP contribution < -0.4 is 0 Å². The standard InChI is InChI=1S/C12H12F2O4/c1-12(10(15)16,11(17)18-2)6-7-5-8(13)3-4-9(7)14/h3-5H,6H2,1-2H3,(H,15,16). The van der Waals surface area contributed by atoms with Crippen molar-refractivity contribution in [1.29, 1.82) is 0 Å².